The number of hydrogen-bond acceptors (Lipinski definition) is 1. The van der Waals surface area contributed by atoms with E-state index in [1.165, 1.54) is 6.42 Å². The number of nitrogens with zero attached hydrogens (tertiary/aromatic N) is 1. The standard InChI is InChI=1S/C11H22N2S/c1-9(2)7-12-10(14)13-6-5-11(3,4)8-13/h9H,5-8H2,1-4H3,(H,12,14). The predicted octanol–water partition coefficient (Wildman–Crippen LogP) is 2.25. The highest BCUT2D eigenvalue weighted by molar-refractivity contribution is 7.80. The third-order valence-electron chi connectivity index (χ3n) is 2.63. The Labute approximate surface area is 93.1 Å². The van der Waals surface area contributed by atoms with Gasteiger partial charge in [0, 0.05) is 19.6 Å². The molecule has 1 aliphatic heterocycles. The van der Waals surface area contributed by atoms with Crippen LogP contribution in [0.2, 0.25) is 0 Å². The first kappa shape index (κ1) is 11.8. The van der Waals surface area contributed by atoms with Gasteiger partial charge in [-0.2, -0.15) is 0 Å². The Morgan fingerprint density at radius 1 is 1.50 bits per heavy atom. The van der Waals surface area contributed by atoms with Crippen molar-refractivity contribution < 1.29 is 0 Å². The Balaban J connectivity index is 2.33. The van der Waals surface area contributed by atoms with Gasteiger partial charge in [-0.1, -0.05) is 27.7 Å². The van der Waals surface area contributed by atoms with Crippen molar-refractivity contribution >= 4 is 17.3 Å². The second-order valence-corrected chi connectivity index (χ2v) is 5.80. The zero-order chi connectivity index (χ0) is 10.8. The van der Waals surface area contributed by atoms with Crippen LogP contribution in [-0.4, -0.2) is 29.6 Å². The molecule has 1 rings (SSSR count). The molecule has 0 aromatic heterocycles. The molecular weight excluding hydrogens is 192 g/mol. The normalized spacial score (nSPS) is 20.2. The molecule has 0 spiro atoms. The van der Waals surface area contributed by atoms with Gasteiger partial charge in [0.2, 0.25) is 0 Å². The van der Waals surface area contributed by atoms with Crippen molar-refractivity contribution in [3.05, 3.63) is 0 Å². The van der Waals surface area contributed by atoms with Gasteiger partial charge in [-0.3, -0.25) is 0 Å². The molecule has 1 fully saturated rings. The molecule has 2 nitrogen and oxygen atoms in total. The lowest BCUT2D eigenvalue weighted by Crippen LogP contribution is -2.40. The quantitative estimate of drug-likeness (QED) is 0.710. The van der Waals surface area contributed by atoms with Crippen LogP contribution in [0.25, 0.3) is 0 Å². The summed E-state index contributed by atoms with van der Waals surface area (Å²) in [5.41, 5.74) is 0.434. The summed E-state index contributed by atoms with van der Waals surface area (Å²) in [6, 6.07) is 0. The van der Waals surface area contributed by atoms with E-state index in [9.17, 15) is 0 Å². The molecule has 1 N–H and O–H groups in total. The first-order valence-corrected chi connectivity index (χ1v) is 5.84. The molecular formula is C11H22N2S. The topological polar surface area (TPSA) is 15.3 Å². The van der Waals surface area contributed by atoms with Crippen molar-refractivity contribution in [3.63, 3.8) is 0 Å². The van der Waals surface area contributed by atoms with Crippen LogP contribution in [0.1, 0.15) is 34.1 Å². The van der Waals surface area contributed by atoms with Gasteiger partial charge in [-0.15, -0.1) is 0 Å². The molecule has 14 heavy (non-hydrogen) atoms. The fourth-order valence-electron chi connectivity index (χ4n) is 1.69. The van der Waals surface area contributed by atoms with Gasteiger partial charge < -0.3 is 10.2 Å². The molecule has 0 atom stereocenters. The summed E-state index contributed by atoms with van der Waals surface area (Å²) in [5, 5.41) is 4.25. The van der Waals surface area contributed by atoms with Crippen molar-refractivity contribution in [1.82, 2.24) is 10.2 Å². The van der Waals surface area contributed by atoms with Crippen LogP contribution in [0.3, 0.4) is 0 Å². The molecule has 1 saturated heterocycles. The van der Waals surface area contributed by atoms with Crippen LogP contribution in [0.4, 0.5) is 0 Å². The highest BCUT2D eigenvalue weighted by Gasteiger charge is 2.30. The Morgan fingerprint density at radius 3 is 2.57 bits per heavy atom. The van der Waals surface area contributed by atoms with E-state index in [2.05, 4.69) is 37.9 Å². The van der Waals surface area contributed by atoms with Gasteiger partial charge in [0.1, 0.15) is 0 Å². The minimum atomic E-state index is 0.434. The number of hydrogen-bond donors (Lipinski definition) is 1. The van der Waals surface area contributed by atoms with E-state index in [-0.39, 0.29) is 0 Å². The van der Waals surface area contributed by atoms with Crippen molar-refractivity contribution in [2.75, 3.05) is 19.6 Å². The molecule has 0 aliphatic carbocycles. The molecule has 0 unspecified atom stereocenters. The van der Waals surface area contributed by atoms with Gasteiger partial charge in [0.25, 0.3) is 0 Å². The number of nitrogens with one attached hydrogen (secondary N) is 1. The summed E-state index contributed by atoms with van der Waals surface area (Å²) in [6.07, 6.45) is 1.25. The van der Waals surface area contributed by atoms with E-state index >= 15 is 0 Å². The molecule has 82 valence electrons. The van der Waals surface area contributed by atoms with Gasteiger partial charge in [-0.05, 0) is 30.0 Å². The Morgan fingerprint density at radius 2 is 2.14 bits per heavy atom. The van der Waals surface area contributed by atoms with Crippen molar-refractivity contribution in [2.24, 2.45) is 11.3 Å². The first-order chi connectivity index (χ1) is 6.41. The summed E-state index contributed by atoms with van der Waals surface area (Å²) in [4.78, 5) is 2.29. The summed E-state index contributed by atoms with van der Waals surface area (Å²) in [5.74, 6) is 0.656. The zero-order valence-electron chi connectivity index (χ0n) is 9.76. The highest BCUT2D eigenvalue weighted by Crippen LogP contribution is 2.28. The fourth-order valence-corrected chi connectivity index (χ4v) is 1.93. The Kier molecular flexibility index (Phi) is 3.76. The summed E-state index contributed by atoms with van der Waals surface area (Å²) in [7, 11) is 0. The van der Waals surface area contributed by atoms with Crippen LogP contribution < -0.4 is 5.32 Å². The SMILES string of the molecule is CC(C)CNC(=S)N1CCC(C)(C)C1. The second kappa shape index (κ2) is 4.47. The number of likely N-dealkylation sites (tertiary alicyclic amines) is 1. The average Bonchev–Trinajstić information content (AvgIpc) is 2.41. The van der Waals surface area contributed by atoms with Crippen molar-refractivity contribution in [2.45, 2.75) is 34.1 Å². The van der Waals surface area contributed by atoms with Crippen LogP contribution in [0.5, 0.6) is 0 Å². The molecule has 0 saturated carbocycles. The van der Waals surface area contributed by atoms with Crippen LogP contribution in [0.15, 0.2) is 0 Å². The van der Waals surface area contributed by atoms with E-state index < -0.39 is 0 Å². The smallest absolute Gasteiger partial charge is 0.168 e. The molecule has 0 aromatic rings. The number of thiocarbonyl (C=S) groups is 1. The summed E-state index contributed by atoms with van der Waals surface area (Å²) >= 11 is 5.35. The maximum absolute atomic E-state index is 5.35. The predicted molar refractivity (Wildman–Crippen MR) is 65.4 cm³/mol. The van der Waals surface area contributed by atoms with Crippen LogP contribution >= 0.6 is 12.2 Å². The second-order valence-electron chi connectivity index (χ2n) is 5.42. The Hall–Kier alpha value is -0.310. The van der Waals surface area contributed by atoms with E-state index in [1.54, 1.807) is 0 Å². The maximum atomic E-state index is 5.35. The summed E-state index contributed by atoms with van der Waals surface area (Å²) in [6.45, 7) is 12.2. The lowest BCUT2D eigenvalue weighted by Gasteiger charge is -2.23. The minimum Gasteiger partial charge on any atom is -0.362 e. The van der Waals surface area contributed by atoms with Crippen LogP contribution in [-0.2, 0) is 0 Å². The average molecular weight is 214 g/mol. The first-order valence-electron chi connectivity index (χ1n) is 5.43. The molecule has 0 aromatic carbocycles. The molecule has 0 bridgehead atoms. The number of rotatable bonds is 2. The molecule has 0 amide bonds. The van der Waals surface area contributed by atoms with Gasteiger partial charge in [0.05, 0.1) is 0 Å². The van der Waals surface area contributed by atoms with E-state index in [0.717, 1.165) is 24.7 Å². The van der Waals surface area contributed by atoms with Gasteiger partial charge in [-0.25, -0.2) is 0 Å². The summed E-state index contributed by atoms with van der Waals surface area (Å²) < 4.78 is 0. The lowest BCUT2D eigenvalue weighted by molar-refractivity contribution is 0.372. The van der Waals surface area contributed by atoms with E-state index in [4.69, 9.17) is 12.2 Å². The van der Waals surface area contributed by atoms with E-state index in [1.807, 2.05) is 0 Å². The van der Waals surface area contributed by atoms with Gasteiger partial charge >= 0.3 is 0 Å². The monoisotopic (exact) mass is 214 g/mol. The van der Waals surface area contributed by atoms with Crippen molar-refractivity contribution in [3.8, 4) is 0 Å². The van der Waals surface area contributed by atoms with Crippen LogP contribution in [0, 0.1) is 11.3 Å². The minimum absolute atomic E-state index is 0.434. The zero-order valence-corrected chi connectivity index (χ0v) is 10.6. The third kappa shape index (κ3) is 3.45. The third-order valence-corrected chi connectivity index (χ3v) is 3.03. The molecule has 3 heteroatoms. The molecule has 0 radical (unpaired) electrons. The van der Waals surface area contributed by atoms with E-state index in [0.29, 0.717) is 11.3 Å². The van der Waals surface area contributed by atoms with Crippen molar-refractivity contribution in [1.29, 1.82) is 0 Å². The Bertz CT molecular complexity index is 211. The molecule has 1 heterocycles. The lowest BCUT2D eigenvalue weighted by atomic mass is 9.93. The maximum Gasteiger partial charge on any atom is 0.168 e. The highest BCUT2D eigenvalue weighted by atomic mass is 32.1. The molecule has 1 aliphatic rings. The largest absolute Gasteiger partial charge is 0.362 e. The van der Waals surface area contributed by atoms with Gasteiger partial charge in [0.15, 0.2) is 5.11 Å². The fraction of sp³-hybridized carbons (Fsp3) is 0.909.